The number of amides is 4. The molecule has 10 heteroatoms. The van der Waals surface area contributed by atoms with Crippen LogP contribution in [0.15, 0.2) is 18.2 Å². The smallest absolute Gasteiger partial charge is 0.308 e. The molecule has 4 amide bonds. The van der Waals surface area contributed by atoms with Gasteiger partial charge in [0.15, 0.2) is 0 Å². The molecule has 10 nitrogen and oxygen atoms in total. The summed E-state index contributed by atoms with van der Waals surface area (Å²) in [6.45, 7) is 6.18. The minimum atomic E-state index is -1.03. The number of hydrogen-bond donors (Lipinski definition) is 1. The van der Waals surface area contributed by atoms with E-state index in [1.54, 1.807) is 32.9 Å². The van der Waals surface area contributed by atoms with Gasteiger partial charge in [0.05, 0.1) is 30.8 Å². The summed E-state index contributed by atoms with van der Waals surface area (Å²) in [4.78, 5) is 61.9. The van der Waals surface area contributed by atoms with Gasteiger partial charge in [-0.1, -0.05) is 6.07 Å². The molecule has 33 heavy (non-hydrogen) atoms. The Balaban J connectivity index is 1.50. The summed E-state index contributed by atoms with van der Waals surface area (Å²) in [7, 11) is 0. The summed E-state index contributed by atoms with van der Waals surface area (Å²) in [6.07, 6.45) is 0.794. The van der Waals surface area contributed by atoms with Gasteiger partial charge in [-0.05, 0) is 39.3 Å². The molecule has 0 aliphatic carbocycles. The van der Waals surface area contributed by atoms with Crippen molar-refractivity contribution in [3.63, 3.8) is 0 Å². The number of imide groups is 2. The lowest BCUT2D eigenvalue weighted by atomic mass is 10.0. The van der Waals surface area contributed by atoms with Gasteiger partial charge in [-0.25, -0.2) is 0 Å². The predicted molar refractivity (Wildman–Crippen MR) is 115 cm³/mol. The third-order valence-electron chi connectivity index (χ3n) is 4.99. The number of nitrogens with one attached hydrogen (secondary N) is 1. The fourth-order valence-corrected chi connectivity index (χ4v) is 3.60. The van der Waals surface area contributed by atoms with Gasteiger partial charge in [-0.2, -0.15) is 0 Å². The minimum Gasteiger partial charge on any atom is -0.493 e. The quantitative estimate of drug-likeness (QED) is 0.334. The van der Waals surface area contributed by atoms with E-state index >= 15 is 0 Å². The van der Waals surface area contributed by atoms with Crippen molar-refractivity contribution in [1.29, 1.82) is 0 Å². The second-order valence-electron chi connectivity index (χ2n) is 8.78. The first kappa shape index (κ1) is 24.4. The van der Waals surface area contributed by atoms with Crippen LogP contribution in [0, 0.1) is 0 Å². The molecule has 1 atom stereocenters. The van der Waals surface area contributed by atoms with Crippen molar-refractivity contribution in [3.8, 4) is 5.75 Å². The van der Waals surface area contributed by atoms with Gasteiger partial charge < -0.3 is 14.2 Å². The monoisotopic (exact) mass is 460 g/mol. The topological polar surface area (TPSA) is 128 Å². The number of hydrogen-bond acceptors (Lipinski definition) is 8. The number of rotatable bonds is 9. The van der Waals surface area contributed by atoms with Crippen LogP contribution in [0.25, 0.3) is 0 Å². The number of piperidine rings is 1. The van der Waals surface area contributed by atoms with Gasteiger partial charge in [0.1, 0.15) is 17.4 Å². The lowest BCUT2D eigenvalue weighted by Crippen LogP contribution is -2.54. The maximum atomic E-state index is 13.0. The van der Waals surface area contributed by atoms with Crippen LogP contribution >= 0.6 is 0 Å². The Bertz CT molecular complexity index is 966. The molecule has 2 aliphatic rings. The highest BCUT2D eigenvalue weighted by molar-refractivity contribution is 6.24. The van der Waals surface area contributed by atoms with Crippen molar-refractivity contribution >= 4 is 29.6 Å². The maximum Gasteiger partial charge on any atom is 0.308 e. The predicted octanol–water partition coefficient (Wildman–Crippen LogP) is 1.61. The number of carbonyl (C=O) groups is 5. The van der Waals surface area contributed by atoms with Crippen molar-refractivity contribution < 1.29 is 38.2 Å². The van der Waals surface area contributed by atoms with Crippen LogP contribution in [0.5, 0.6) is 5.75 Å². The molecule has 0 spiro atoms. The Morgan fingerprint density at radius 1 is 1.09 bits per heavy atom. The van der Waals surface area contributed by atoms with E-state index in [4.69, 9.17) is 14.2 Å². The molecule has 0 bridgehead atoms. The first-order valence-corrected chi connectivity index (χ1v) is 10.9. The highest BCUT2D eigenvalue weighted by atomic mass is 16.6. The number of fused-ring (bicyclic) bond motifs is 1. The highest BCUT2D eigenvalue weighted by Gasteiger charge is 2.45. The Morgan fingerprint density at radius 2 is 1.85 bits per heavy atom. The molecule has 1 fully saturated rings. The summed E-state index contributed by atoms with van der Waals surface area (Å²) >= 11 is 0. The van der Waals surface area contributed by atoms with E-state index in [1.807, 2.05) is 0 Å². The third-order valence-corrected chi connectivity index (χ3v) is 4.99. The van der Waals surface area contributed by atoms with Gasteiger partial charge in [-0.3, -0.25) is 34.2 Å². The second-order valence-corrected chi connectivity index (χ2v) is 8.78. The van der Waals surface area contributed by atoms with Crippen LogP contribution in [0.1, 0.15) is 67.2 Å². The van der Waals surface area contributed by atoms with Crippen molar-refractivity contribution in [2.24, 2.45) is 0 Å². The van der Waals surface area contributed by atoms with Crippen LogP contribution in [0.3, 0.4) is 0 Å². The van der Waals surface area contributed by atoms with Crippen molar-refractivity contribution in [1.82, 2.24) is 10.2 Å². The SMILES string of the molecule is CC(C)(C)OC(=O)CCOCCCOc1cccc2c1C(=O)N(C1CCC(=O)NC1=O)C2=O. The molecule has 1 unspecified atom stereocenters. The van der Waals surface area contributed by atoms with Crippen LogP contribution in [-0.4, -0.2) is 66.0 Å². The van der Waals surface area contributed by atoms with Gasteiger partial charge >= 0.3 is 5.97 Å². The van der Waals surface area contributed by atoms with Crippen LogP contribution in [0.4, 0.5) is 0 Å². The van der Waals surface area contributed by atoms with Crippen LogP contribution in [0.2, 0.25) is 0 Å². The Kier molecular flexibility index (Phi) is 7.47. The molecule has 178 valence electrons. The minimum absolute atomic E-state index is 0.0566. The average Bonchev–Trinajstić information content (AvgIpc) is 2.97. The number of esters is 1. The lowest BCUT2D eigenvalue weighted by molar-refractivity contribution is -0.156. The van der Waals surface area contributed by atoms with E-state index < -0.39 is 35.3 Å². The zero-order valence-corrected chi connectivity index (χ0v) is 19.0. The Labute approximate surface area is 191 Å². The normalized spacial score (nSPS) is 18.3. The molecule has 3 rings (SSSR count). The molecule has 0 radical (unpaired) electrons. The average molecular weight is 460 g/mol. The molecule has 1 saturated heterocycles. The zero-order chi connectivity index (χ0) is 24.2. The molecule has 2 heterocycles. The van der Waals surface area contributed by atoms with Gasteiger partial charge in [0.25, 0.3) is 11.8 Å². The number of nitrogens with zero attached hydrogens (tertiary/aromatic N) is 1. The first-order chi connectivity index (χ1) is 15.6. The molecule has 0 aromatic heterocycles. The largest absolute Gasteiger partial charge is 0.493 e. The Hall–Kier alpha value is -3.27. The molecule has 1 aromatic carbocycles. The number of benzene rings is 1. The van der Waals surface area contributed by atoms with E-state index in [9.17, 15) is 24.0 Å². The molecule has 2 aliphatic heterocycles. The first-order valence-electron chi connectivity index (χ1n) is 10.9. The van der Waals surface area contributed by atoms with E-state index in [1.165, 1.54) is 6.07 Å². The molecular formula is C23H28N2O8. The standard InChI is InChI=1S/C23H28N2O8/c1-23(2,3)33-18(27)10-13-31-11-5-12-32-16-7-4-6-14-19(16)22(30)25(21(14)29)15-8-9-17(26)24-20(15)28/h4,6-7,15H,5,8-13H2,1-3H3,(H,24,26,28). The van der Waals surface area contributed by atoms with E-state index in [-0.39, 0.29) is 55.3 Å². The van der Waals surface area contributed by atoms with E-state index in [0.717, 1.165) is 4.90 Å². The van der Waals surface area contributed by atoms with Crippen LogP contribution < -0.4 is 10.1 Å². The van der Waals surface area contributed by atoms with Crippen LogP contribution in [-0.2, 0) is 23.9 Å². The molecule has 1 N–H and O–H groups in total. The molecule has 1 aromatic rings. The molecule has 0 saturated carbocycles. The van der Waals surface area contributed by atoms with Gasteiger partial charge in [0, 0.05) is 19.4 Å². The van der Waals surface area contributed by atoms with Crippen molar-refractivity contribution in [3.05, 3.63) is 29.3 Å². The summed E-state index contributed by atoms with van der Waals surface area (Å²) in [5.74, 6) is -2.37. The summed E-state index contributed by atoms with van der Waals surface area (Å²) in [6, 6.07) is 3.67. The summed E-state index contributed by atoms with van der Waals surface area (Å²) < 4.78 is 16.3. The molecular weight excluding hydrogens is 432 g/mol. The van der Waals surface area contributed by atoms with Crippen molar-refractivity contribution in [2.45, 2.75) is 58.1 Å². The van der Waals surface area contributed by atoms with Crippen molar-refractivity contribution in [2.75, 3.05) is 19.8 Å². The van der Waals surface area contributed by atoms with Gasteiger partial charge in [-0.15, -0.1) is 0 Å². The maximum absolute atomic E-state index is 13.0. The summed E-state index contributed by atoms with van der Waals surface area (Å²) in [5, 5.41) is 2.17. The third kappa shape index (κ3) is 5.95. The van der Waals surface area contributed by atoms with Gasteiger partial charge in [0.2, 0.25) is 11.8 Å². The fourth-order valence-electron chi connectivity index (χ4n) is 3.60. The zero-order valence-electron chi connectivity index (χ0n) is 19.0. The fraction of sp³-hybridized carbons (Fsp3) is 0.522. The number of ether oxygens (including phenoxy) is 3. The second kappa shape index (κ2) is 10.1. The van der Waals surface area contributed by atoms with E-state index in [2.05, 4.69) is 5.32 Å². The lowest BCUT2D eigenvalue weighted by Gasteiger charge is -2.27. The highest BCUT2D eigenvalue weighted by Crippen LogP contribution is 2.33. The summed E-state index contributed by atoms with van der Waals surface area (Å²) in [5.41, 5.74) is -0.262. The Morgan fingerprint density at radius 3 is 2.55 bits per heavy atom. The van der Waals surface area contributed by atoms with E-state index in [0.29, 0.717) is 13.0 Å². The number of carbonyl (C=O) groups excluding carboxylic acids is 5.